The molecule has 6 rings (SSSR count). The molecule has 0 N–H and O–H groups in total. The summed E-state index contributed by atoms with van der Waals surface area (Å²) in [6, 6.07) is 8.15. The molecule has 1 aromatic carbocycles. The molecule has 2 aliphatic rings. The number of hydrogen-bond acceptors (Lipinski definition) is 6. The first kappa shape index (κ1) is 17.3. The number of likely N-dealkylation sites (tertiary alicyclic amines) is 1. The quantitative estimate of drug-likeness (QED) is 0.465. The summed E-state index contributed by atoms with van der Waals surface area (Å²) < 4.78 is 13.7. The van der Waals surface area contributed by atoms with Crippen molar-refractivity contribution in [1.82, 2.24) is 14.3 Å². The third-order valence-electron chi connectivity index (χ3n) is 5.62. The van der Waals surface area contributed by atoms with E-state index >= 15 is 0 Å². The molecule has 1 saturated heterocycles. The van der Waals surface area contributed by atoms with Crippen molar-refractivity contribution in [3.05, 3.63) is 46.3 Å². The number of benzene rings is 1. The zero-order chi connectivity index (χ0) is 19.4. The zero-order valence-corrected chi connectivity index (χ0v) is 17.3. The van der Waals surface area contributed by atoms with Crippen LogP contribution in [-0.4, -0.2) is 40.0 Å². The number of rotatable bonds is 2. The maximum Gasteiger partial charge on any atom is 0.264 e. The number of amides is 1. The van der Waals surface area contributed by atoms with Crippen molar-refractivity contribution in [3.8, 4) is 11.5 Å². The molecular formula is C21H19N3O3S2. The van der Waals surface area contributed by atoms with Gasteiger partial charge in [0.05, 0.1) is 29.6 Å². The van der Waals surface area contributed by atoms with Gasteiger partial charge < -0.3 is 14.4 Å². The second kappa shape index (κ2) is 6.74. The Balaban J connectivity index is 1.32. The van der Waals surface area contributed by atoms with Crippen LogP contribution in [0.15, 0.2) is 35.8 Å². The molecule has 0 bridgehead atoms. The average Bonchev–Trinajstić information content (AvgIpc) is 3.47. The number of thiazole rings is 1. The molecule has 0 aliphatic carbocycles. The van der Waals surface area contributed by atoms with E-state index in [4.69, 9.17) is 9.47 Å². The number of nitrogens with zero attached hydrogens (tertiary/aromatic N) is 3. The second-order valence-corrected chi connectivity index (χ2v) is 9.29. The summed E-state index contributed by atoms with van der Waals surface area (Å²) in [4.78, 5) is 22.6. The fourth-order valence-corrected chi connectivity index (χ4v) is 5.99. The van der Waals surface area contributed by atoms with Crippen molar-refractivity contribution in [1.29, 1.82) is 0 Å². The maximum atomic E-state index is 13.4. The lowest BCUT2D eigenvalue weighted by Crippen LogP contribution is -2.30. The lowest BCUT2D eigenvalue weighted by atomic mass is 10.0. The molecule has 29 heavy (non-hydrogen) atoms. The summed E-state index contributed by atoms with van der Waals surface area (Å²) in [6.45, 7) is 2.11. The fraction of sp³-hybridized carbons (Fsp3) is 0.333. The van der Waals surface area contributed by atoms with Crippen LogP contribution in [0.5, 0.6) is 11.5 Å². The fourth-order valence-electron chi connectivity index (χ4n) is 4.24. The molecule has 148 valence electrons. The predicted molar refractivity (Wildman–Crippen MR) is 114 cm³/mol. The van der Waals surface area contributed by atoms with Crippen molar-refractivity contribution < 1.29 is 14.3 Å². The molecule has 8 heteroatoms. The molecule has 6 nitrogen and oxygen atoms in total. The van der Waals surface area contributed by atoms with Crippen molar-refractivity contribution in [2.24, 2.45) is 0 Å². The Morgan fingerprint density at radius 3 is 2.97 bits per heavy atom. The van der Waals surface area contributed by atoms with Gasteiger partial charge in [-0.3, -0.25) is 9.20 Å². The Labute approximate surface area is 175 Å². The van der Waals surface area contributed by atoms with Crippen LogP contribution in [0.2, 0.25) is 0 Å². The minimum atomic E-state index is 0.0675. The highest BCUT2D eigenvalue weighted by Crippen LogP contribution is 2.39. The van der Waals surface area contributed by atoms with Crippen LogP contribution in [-0.2, 0) is 0 Å². The summed E-state index contributed by atoms with van der Waals surface area (Å²) in [5.41, 5.74) is 2.13. The third-order valence-corrected chi connectivity index (χ3v) is 7.38. The number of aromatic nitrogens is 2. The Kier molecular flexibility index (Phi) is 4.02. The van der Waals surface area contributed by atoms with Gasteiger partial charge in [-0.2, -0.15) is 0 Å². The van der Waals surface area contributed by atoms with Gasteiger partial charge in [-0.25, -0.2) is 4.98 Å². The van der Waals surface area contributed by atoms with Gasteiger partial charge in [0, 0.05) is 24.5 Å². The molecular weight excluding hydrogens is 406 g/mol. The van der Waals surface area contributed by atoms with Gasteiger partial charge in [-0.05, 0) is 36.6 Å². The number of hydrogen-bond donors (Lipinski definition) is 0. The van der Waals surface area contributed by atoms with E-state index in [9.17, 15) is 4.79 Å². The number of fused-ring (bicyclic) bond motifs is 4. The summed E-state index contributed by atoms with van der Waals surface area (Å²) in [5, 5.41) is 2.02. The van der Waals surface area contributed by atoms with Gasteiger partial charge in [-0.15, -0.1) is 22.7 Å². The molecule has 0 unspecified atom stereocenters. The van der Waals surface area contributed by atoms with E-state index in [2.05, 4.69) is 15.5 Å². The lowest BCUT2D eigenvalue weighted by Gasteiger charge is -2.25. The average molecular weight is 426 g/mol. The summed E-state index contributed by atoms with van der Waals surface area (Å²) in [5.74, 6) is 1.67. The van der Waals surface area contributed by atoms with E-state index in [0.29, 0.717) is 13.2 Å². The number of thiophene rings is 1. The first-order valence-corrected chi connectivity index (χ1v) is 11.5. The molecule has 0 radical (unpaired) electrons. The van der Waals surface area contributed by atoms with Crippen molar-refractivity contribution in [2.45, 2.75) is 25.3 Å². The van der Waals surface area contributed by atoms with E-state index < -0.39 is 0 Å². The van der Waals surface area contributed by atoms with Crippen LogP contribution >= 0.6 is 22.7 Å². The highest BCUT2D eigenvalue weighted by atomic mass is 32.1. The maximum absolute atomic E-state index is 13.4. The van der Waals surface area contributed by atoms with Crippen LogP contribution in [0.25, 0.3) is 15.3 Å². The molecule has 1 fully saturated rings. The van der Waals surface area contributed by atoms with Crippen LogP contribution < -0.4 is 9.47 Å². The van der Waals surface area contributed by atoms with E-state index in [1.165, 1.54) is 11.3 Å². The molecule has 4 aromatic rings. The molecule has 1 atom stereocenters. The summed E-state index contributed by atoms with van der Waals surface area (Å²) >= 11 is 3.09. The molecule has 2 aliphatic heterocycles. The van der Waals surface area contributed by atoms with Crippen molar-refractivity contribution in [2.75, 3.05) is 19.8 Å². The number of imidazole rings is 1. The van der Waals surface area contributed by atoms with Gasteiger partial charge >= 0.3 is 0 Å². The van der Waals surface area contributed by atoms with Gasteiger partial charge in [0.15, 0.2) is 16.5 Å². The lowest BCUT2D eigenvalue weighted by molar-refractivity contribution is 0.0740. The van der Waals surface area contributed by atoms with Crippen molar-refractivity contribution in [3.63, 3.8) is 0 Å². The van der Waals surface area contributed by atoms with E-state index in [-0.39, 0.29) is 11.9 Å². The van der Waals surface area contributed by atoms with Gasteiger partial charge in [0.1, 0.15) is 4.83 Å². The van der Waals surface area contributed by atoms with Crippen LogP contribution in [0.1, 0.15) is 40.5 Å². The van der Waals surface area contributed by atoms with E-state index in [1.54, 1.807) is 11.3 Å². The van der Waals surface area contributed by atoms with Crippen LogP contribution in [0.4, 0.5) is 0 Å². The smallest absolute Gasteiger partial charge is 0.264 e. The Morgan fingerprint density at radius 1 is 1.14 bits per heavy atom. The second-order valence-electron chi connectivity index (χ2n) is 7.38. The predicted octanol–water partition coefficient (Wildman–Crippen LogP) is 4.75. The highest BCUT2D eigenvalue weighted by Gasteiger charge is 2.32. The number of carbonyl (C=O) groups excluding carboxylic acids is 1. The van der Waals surface area contributed by atoms with Crippen LogP contribution in [0.3, 0.4) is 0 Å². The molecule has 1 amide bonds. The van der Waals surface area contributed by atoms with Gasteiger partial charge in [0.25, 0.3) is 5.91 Å². The van der Waals surface area contributed by atoms with E-state index in [0.717, 1.165) is 63.1 Å². The first-order valence-electron chi connectivity index (χ1n) is 9.83. The topological polar surface area (TPSA) is 56.1 Å². The normalized spacial score (nSPS) is 19.2. The van der Waals surface area contributed by atoms with Crippen LogP contribution in [0, 0.1) is 0 Å². The summed E-state index contributed by atoms with van der Waals surface area (Å²) in [7, 11) is 0. The Hall–Kier alpha value is -2.58. The first-order chi connectivity index (χ1) is 14.3. The number of ether oxygens (including phenoxy) is 2. The standard InChI is InChI=1S/C21H19N3O3S2/c25-20(18-12-15-19(29-18)22-21-24(15)7-10-28-21)23-6-1-3-14(23)13-4-5-16-17(11-13)27-9-2-8-26-16/h4-5,7,10-12,14H,1-3,6,8-9H2/t14-/m0/s1. The third kappa shape index (κ3) is 2.81. The molecule has 3 aromatic heterocycles. The largest absolute Gasteiger partial charge is 0.490 e. The Morgan fingerprint density at radius 2 is 2.03 bits per heavy atom. The molecule has 5 heterocycles. The Bertz CT molecular complexity index is 1220. The highest BCUT2D eigenvalue weighted by molar-refractivity contribution is 7.21. The minimum absolute atomic E-state index is 0.0675. The van der Waals surface area contributed by atoms with Gasteiger partial charge in [0.2, 0.25) is 0 Å². The van der Waals surface area contributed by atoms with Crippen molar-refractivity contribution >= 4 is 43.9 Å². The molecule has 0 saturated carbocycles. The van der Waals surface area contributed by atoms with Gasteiger partial charge in [-0.1, -0.05) is 6.07 Å². The SMILES string of the molecule is O=C(c1cc2c(nc3sccn32)s1)N1CCC[C@H]1c1ccc2c(c1)OCCCO2. The zero-order valence-electron chi connectivity index (χ0n) is 15.7. The monoisotopic (exact) mass is 425 g/mol. The molecule has 0 spiro atoms. The summed E-state index contributed by atoms with van der Waals surface area (Å²) in [6.07, 6.45) is 4.86. The minimum Gasteiger partial charge on any atom is -0.490 e. The van der Waals surface area contributed by atoms with E-state index in [1.807, 2.05) is 34.7 Å². The number of carbonyl (C=O) groups is 1.